The van der Waals surface area contributed by atoms with E-state index in [9.17, 15) is 5.11 Å². The molecule has 0 aromatic heterocycles. The third kappa shape index (κ3) is 7.86. The molecular weight excluding hydrogens is 169 g/mol. The molecule has 0 saturated carbocycles. The van der Waals surface area contributed by atoms with Gasteiger partial charge in [-0.15, -0.1) is 6.61 Å². The van der Waals surface area contributed by atoms with E-state index in [1.807, 2.05) is 7.05 Å². The molecule has 0 saturated heterocycles. The second-order valence-electron chi connectivity index (χ2n) is 2.38. The minimum Gasteiger partial charge on any atom is -0.853 e. The van der Waals surface area contributed by atoms with E-state index in [1.165, 1.54) is 0 Å². The molecule has 1 unspecified atom stereocenters. The molecule has 0 amide bonds. The zero-order valence-electron chi connectivity index (χ0n) is 7.96. The Hall–Kier alpha value is 1.52. The van der Waals surface area contributed by atoms with E-state index in [2.05, 4.69) is 11.8 Å². The van der Waals surface area contributed by atoms with Gasteiger partial charge >= 0.3 is 51.4 Å². The summed E-state index contributed by atoms with van der Waals surface area (Å²) in [6, 6.07) is 0. The summed E-state index contributed by atoms with van der Waals surface area (Å²) in [6.07, 6.45) is -0.148. The van der Waals surface area contributed by atoms with Crippen molar-refractivity contribution in [3.8, 4) is 0 Å². The molecule has 0 fully saturated rings. The molecule has 0 rings (SSSR count). The summed E-state index contributed by atoms with van der Waals surface area (Å²) in [7, 11) is 3.55. The van der Waals surface area contributed by atoms with E-state index in [4.69, 9.17) is 4.74 Å². The molecule has 0 bridgehead atoms. The van der Waals surface area contributed by atoms with Crippen molar-refractivity contribution in [2.45, 2.75) is 13.0 Å². The second-order valence-corrected chi connectivity index (χ2v) is 2.38. The average Bonchev–Trinajstić information content (AvgIpc) is 1.99. The Morgan fingerprint density at radius 2 is 2.09 bits per heavy atom. The van der Waals surface area contributed by atoms with E-state index in [0.717, 1.165) is 13.1 Å². The summed E-state index contributed by atoms with van der Waals surface area (Å²) >= 11 is 0. The van der Waals surface area contributed by atoms with Gasteiger partial charge in [0.05, 0.1) is 6.10 Å². The summed E-state index contributed by atoms with van der Waals surface area (Å²) in [5.41, 5.74) is 0. The van der Waals surface area contributed by atoms with Crippen LogP contribution in [0.5, 0.6) is 0 Å². The summed E-state index contributed by atoms with van der Waals surface area (Å²) < 4.78 is 4.92. The van der Waals surface area contributed by atoms with Crippen molar-refractivity contribution in [2.75, 3.05) is 33.9 Å². The molecule has 0 aliphatic carbocycles. The van der Waals surface area contributed by atoms with Crippen LogP contribution in [-0.4, -0.2) is 44.9 Å². The van der Waals surface area contributed by atoms with E-state index in [1.54, 1.807) is 7.11 Å². The van der Waals surface area contributed by atoms with Crippen molar-refractivity contribution < 1.29 is 61.2 Å². The van der Waals surface area contributed by atoms with Gasteiger partial charge in [-0.1, -0.05) is 6.92 Å². The summed E-state index contributed by atoms with van der Waals surface area (Å²) in [5.74, 6) is 0. The first kappa shape index (κ1) is 15.0. The van der Waals surface area contributed by atoms with Crippen LogP contribution >= 0.6 is 0 Å². The molecule has 0 heterocycles. The Morgan fingerprint density at radius 1 is 1.55 bits per heavy atom. The first-order valence-electron chi connectivity index (χ1n) is 3.54. The van der Waals surface area contributed by atoms with Crippen molar-refractivity contribution >= 4 is 0 Å². The molecular formula is C7H16KNO2. The maximum Gasteiger partial charge on any atom is 1.00 e. The Balaban J connectivity index is 0. The Labute approximate surface area is 112 Å². The quantitative estimate of drug-likeness (QED) is 0.414. The van der Waals surface area contributed by atoms with Crippen molar-refractivity contribution in [3.05, 3.63) is 0 Å². The molecule has 11 heavy (non-hydrogen) atoms. The van der Waals surface area contributed by atoms with E-state index < -0.39 is 0 Å². The first-order valence-corrected chi connectivity index (χ1v) is 3.54. The van der Waals surface area contributed by atoms with Crippen LogP contribution in [0.2, 0.25) is 0 Å². The van der Waals surface area contributed by atoms with Gasteiger partial charge in [-0.25, -0.2) is 0 Å². The van der Waals surface area contributed by atoms with Crippen LogP contribution in [0.3, 0.4) is 0 Å². The minimum atomic E-state index is -0.152. The molecule has 0 aliphatic heterocycles. The molecule has 0 N–H and O–H groups in total. The number of methoxy groups -OCH3 is 1. The van der Waals surface area contributed by atoms with Gasteiger partial charge in [-0.2, -0.15) is 0 Å². The minimum absolute atomic E-state index is 0. The SMILES string of the molecule is CCN(C)CC(C[O-])OC.[K+]. The zero-order valence-corrected chi connectivity index (χ0v) is 11.1. The van der Waals surface area contributed by atoms with E-state index in [-0.39, 0.29) is 64.1 Å². The maximum atomic E-state index is 10.4. The summed E-state index contributed by atoms with van der Waals surface area (Å²) in [4.78, 5) is 2.06. The summed E-state index contributed by atoms with van der Waals surface area (Å²) in [6.45, 7) is 3.59. The van der Waals surface area contributed by atoms with Crippen LogP contribution in [0, 0.1) is 0 Å². The zero-order chi connectivity index (χ0) is 7.98. The van der Waals surface area contributed by atoms with Gasteiger partial charge in [-0.3, -0.25) is 0 Å². The van der Waals surface area contributed by atoms with Crippen LogP contribution in [0.4, 0.5) is 0 Å². The Kier molecular flexibility index (Phi) is 13.1. The van der Waals surface area contributed by atoms with Crippen molar-refractivity contribution in [3.63, 3.8) is 0 Å². The van der Waals surface area contributed by atoms with E-state index >= 15 is 0 Å². The average molecular weight is 185 g/mol. The molecule has 62 valence electrons. The van der Waals surface area contributed by atoms with Gasteiger partial charge in [0.25, 0.3) is 0 Å². The van der Waals surface area contributed by atoms with Crippen LogP contribution in [0.1, 0.15) is 6.92 Å². The molecule has 4 heteroatoms. The molecule has 0 aromatic carbocycles. The summed E-state index contributed by atoms with van der Waals surface area (Å²) in [5, 5.41) is 10.4. The number of likely N-dealkylation sites (N-methyl/N-ethyl adjacent to an activating group) is 1. The maximum absolute atomic E-state index is 10.4. The van der Waals surface area contributed by atoms with Crippen LogP contribution < -0.4 is 56.5 Å². The normalized spacial score (nSPS) is 12.8. The van der Waals surface area contributed by atoms with Crippen LogP contribution in [-0.2, 0) is 4.74 Å². The smallest absolute Gasteiger partial charge is 0.853 e. The predicted molar refractivity (Wildman–Crippen MR) is 38.8 cm³/mol. The number of nitrogens with zero attached hydrogens (tertiary/aromatic N) is 1. The van der Waals surface area contributed by atoms with Gasteiger partial charge in [0.15, 0.2) is 0 Å². The molecule has 3 nitrogen and oxygen atoms in total. The molecule has 1 atom stereocenters. The number of hydrogen-bond donors (Lipinski definition) is 0. The van der Waals surface area contributed by atoms with Gasteiger partial charge in [0, 0.05) is 13.7 Å². The molecule has 0 radical (unpaired) electrons. The van der Waals surface area contributed by atoms with E-state index in [0.29, 0.717) is 0 Å². The van der Waals surface area contributed by atoms with Crippen molar-refractivity contribution in [2.24, 2.45) is 0 Å². The van der Waals surface area contributed by atoms with Crippen LogP contribution in [0.15, 0.2) is 0 Å². The van der Waals surface area contributed by atoms with Gasteiger partial charge in [-0.05, 0) is 13.6 Å². The Morgan fingerprint density at radius 3 is 2.36 bits per heavy atom. The largest absolute Gasteiger partial charge is 1.00 e. The predicted octanol–water partition coefficient (Wildman–Crippen LogP) is -3.68. The van der Waals surface area contributed by atoms with Gasteiger partial charge < -0.3 is 14.7 Å². The molecule has 0 aliphatic rings. The topological polar surface area (TPSA) is 35.5 Å². The van der Waals surface area contributed by atoms with Crippen molar-refractivity contribution in [1.29, 1.82) is 0 Å². The molecule has 0 spiro atoms. The third-order valence-electron chi connectivity index (χ3n) is 1.57. The fraction of sp³-hybridized carbons (Fsp3) is 1.00. The fourth-order valence-electron chi connectivity index (χ4n) is 0.672. The van der Waals surface area contributed by atoms with Crippen LogP contribution in [0.25, 0.3) is 0 Å². The standard InChI is InChI=1S/C7H16NO2.K/c1-4-8(2)5-7(6-9)10-3;/h7H,4-6H2,1-3H3;/q-1;+1. The fourth-order valence-corrected chi connectivity index (χ4v) is 0.672. The molecule has 0 aromatic rings. The second kappa shape index (κ2) is 9.60. The van der Waals surface area contributed by atoms with Gasteiger partial charge in [0.2, 0.25) is 0 Å². The first-order chi connectivity index (χ1) is 4.74. The number of ether oxygens (including phenoxy) is 1. The van der Waals surface area contributed by atoms with Gasteiger partial charge in [0.1, 0.15) is 0 Å². The Bertz CT molecular complexity index is 78.8. The van der Waals surface area contributed by atoms with Crippen molar-refractivity contribution in [1.82, 2.24) is 4.90 Å². The monoisotopic (exact) mass is 185 g/mol. The third-order valence-corrected chi connectivity index (χ3v) is 1.57. The number of rotatable bonds is 5. The number of hydrogen-bond acceptors (Lipinski definition) is 3.